The lowest BCUT2D eigenvalue weighted by atomic mass is 9.94. The highest BCUT2D eigenvalue weighted by molar-refractivity contribution is 8.00. The first kappa shape index (κ1) is 18.1. The van der Waals surface area contributed by atoms with Crippen LogP contribution in [0.3, 0.4) is 0 Å². The largest absolute Gasteiger partial charge is 0.376 e. The third-order valence-corrected chi connectivity index (χ3v) is 6.47. The lowest BCUT2D eigenvalue weighted by Crippen LogP contribution is -2.32. The minimum absolute atomic E-state index is 0.0639. The van der Waals surface area contributed by atoms with Gasteiger partial charge in [0.2, 0.25) is 5.91 Å². The molecule has 0 radical (unpaired) electrons. The summed E-state index contributed by atoms with van der Waals surface area (Å²) in [6.45, 7) is 1.43. The summed E-state index contributed by atoms with van der Waals surface area (Å²) < 4.78 is 5.57. The van der Waals surface area contributed by atoms with E-state index in [2.05, 4.69) is 5.32 Å². The number of carbonyl (C=O) groups excluding carboxylic acids is 1. The molecule has 26 heavy (non-hydrogen) atoms. The highest BCUT2D eigenvalue weighted by Gasteiger charge is 2.20. The van der Waals surface area contributed by atoms with Gasteiger partial charge in [-0.15, -0.1) is 11.8 Å². The zero-order chi connectivity index (χ0) is 17.9. The third kappa shape index (κ3) is 4.00. The van der Waals surface area contributed by atoms with E-state index in [0.717, 1.165) is 43.2 Å². The number of thioether (sulfide) groups is 1. The number of rotatable bonds is 5. The molecule has 1 aromatic carbocycles. The Balaban J connectivity index is 1.52. The van der Waals surface area contributed by atoms with Gasteiger partial charge in [-0.3, -0.25) is 9.78 Å². The number of aromatic nitrogens is 1. The predicted molar refractivity (Wildman–Crippen MR) is 106 cm³/mol. The smallest absolute Gasteiger partial charge is 0.230 e. The summed E-state index contributed by atoms with van der Waals surface area (Å²) in [6.07, 6.45) is 6.73. The molecule has 4 rings (SSSR count). The highest BCUT2D eigenvalue weighted by Crippen LogP contribution is 2.36. The van der Waals surface area contributed by atoms with E-state index in [-0.39, 0.29) is 12.0 Å². The Hall–Kier alpha value is -1.30. The fraction of sp³-hybridized carbons (Fsp3) is 0.500. The van der Waals surface area contributed by atoms with Crippen LogP contribution in [0.1, 0.15) is 36.9 Å². The van der Waals surface area contributed by atoms with Crippen LogP contribution >= 0.6 is 23.4 Å². The van der Waals surface area contributed by atoms with Gasteiger partial charge in [0, 0.05) is 34.1 Å². The Morgan fingerprint density at radius 2 is 2.19 bits per heavy atom. The molecule has 1 atom stereocenters. The third-order valence-electron chi connectivity index (χ3n) is 5.07. The quantitative estimate of drug-likeness (QED) is 0.779. The number of carbonyl (C=O) groups is 1. The van der Waals surface area contributed by atoms with Crippen molar-refractivity contribution in [1.82, 2.24) is 10.3 Å². The van der Waals surface area contributed by atoms with Crippen LogP contribution in [0.2, 0.25) is 5.02 Å². The van der Waals surface area contributed by atoms with Gasteiger partial charge >= 0.3 is 0 Å². The molecule has 2 aliphatic rings. The van der Waals surface area contributed by atoms with Gasteiger partial charge in [-0.25, -0.2) is 0 Å². The van der Waals surface area contributed by atoms with Crippen LogP contribution < -0.4 is 5.32 Å². The Morgan fingerprint density at radius 3 is 3.04 bits per heavy atom. The first-order valence-corrected chi connectivity index (χ1v) is 10.7. The van der Waals surface area contributed by atoms with Crippen LogP contribution in [0.4, 0.5) is 0 Å². The average molecular weight is 391 g/mol. The Morgan fingerprint density at radius 1 is 1.31 bits per heavy atom. The second-order valence-corrected chi connectivity index (χ2v) is 8.38. The second kappa shape index (κ2) is 8.15. The number of halogens is 1. The predicted octanol–water partition coefficient (Wildman–Crippen LogP) is 4.15. The molecule has 1 fully saturated rings. The van der Waals surface area contributed by atoms with Gasteiger partial charge in [-0.05, 0) is 56.2 Å². The monoisotopic (exact) mass is 390 g/mol. The molecule has 1 aliphatic heterocycles. The fourth-order valence-corrected chi connectivity index (χ4v) is 5.01. The summed E-state index contributed by atoms with van der Waals surface area (Å²) in [5.74, 6) is 0.481. The van der Waals surface area contributed by atoms with Crippen molar-refractivity contribution < 1.29 is 9.53 Å². The van der Waals surface area contributed by atoms with Gasteiger partial charge in [0.1, 0.15) is 0 Å². The molecule has 1 N–H and O–H groups in total. The van der Waals surface area contributed by atoms with E-state index in [1.54, 1.807) is 11.8 Å². The first-order valence-electron chi connectivity index (χ1n) is 9.33. The average Bonchev–Trinajstić information content (AvgIpc) is 3.17. The van der Waals surface area contributed by atoms with Gasteiger partial charge in [0.25, 0.3) is 0 Å². The number of hydrogen-bond donors (Lipinski definition) is 1. The highest BCUT2D eigenvalue weighted by atomic mass is 35.5. The topological polar surface area (TPSA) is 51.2 Å². The normalized spacial score (nSPS) is 19.5. The van der Waals surface area contributed by atoms with Gasteiger partial charge in [-0.2, -0.15) is 0 Å². The zero-order valence-electron chi connectivity index (χ0n) is 14.7. The maximum atomic E-state index is 12.3. The van der Waals surface area contributed by atoms with Crippen LogP contribution in [-0.2, 0) is 22.4 Å². The molecule has 138 valence electrons. The first-order chi connectivity index (χ1) is 12.7. The van der Waals surface area contributed by atoms with E-state index < -0.39 is 0 Å². The zero-order valence-corrected chi connectivity index (χ0v) is 16.3. The number of nitrogens with one attached hydrogen (secondary N) is 1. The van der Waals surface area contributed by atoms with Crippen LogP contribution in [0.25, 0.3) is 10.9 Å². The number of aryl methyl sites for hydroxylation is 1. The lowest BCUT2D eigenvalue weighted by molar-refractivity contribution is -0.119. The minimum Gasteiger partial charge on any atom is -0.376 e. The summed E-state index contributed by atoms with van der Waals surface area (Å²) >= 11 is 7.79. The summed E-state index contributed by atoms with van der Waals surface area (Å²) in [7, 11) is 0. The number of amides is 1. The Labute approximate surface area is 163 Å². The fourth-order valence-electron chi connectivity index (χ4n) is 3.74. The maximum Gasteiger partial charge on any atom is 0.230 e. The number of pyridine rings is 1. The van der Waals surface area contributed by atoms with Crippen LogP contribution in [0, 0.1) is 0 Å². The van der Waals surface area contributed by atoms with E-state index >= 15 is 0 Å². The number of fused-ring (bicyclic) bond motifs is 2. The summed E-state index contributed by atoms with van der Waals surface area (Å²) in [6, 6.07) is 5.86. The number of nitrogens with zero attached hydrogens (tertiary/aromatic N) is 1. The van der Waals surface area contributed by atoms with Crippen molar-refractivity contribution in [2.75, 3.05) is 18.9 Å². The number of hydrogen-bond acceptors (Lipinski definition) is 4. The summed E-state index contributed by atoms with van der Waals surface area (Å²) in [5, 5.41) is 4.81. The van der Waals surface area contributed by atoms with Crippen LogP contribution in [-0.4, -0.2) is 35.9 Å². The van der Waals surface area contributed by atoms with Gasteiger partial charge in [-0.1, -0.05) is 17.7 Å². The van der Waals surface area contributed by atoms with Crippen LogP contribution in [0.5, 0.6) is 0 Å². The molecule has 0 saturated carbocycles. The Kier molecular flexibility index (Phi) is 5.67. The summed E-state index contributed by atoms with van der Waals surface area (Å²) in [5.41, 5.74) is 3.43. The minimum atomic E-state index is 0.0639. The van der Waals surface area contributed by atoms with Crippen molar-refractivity contribution in [2.24, 2.45) is 0 Å². The van der Waals surface area contributed by atoms with Crippen molar-refractivity contribution in [3.63, 3.8) is 0 Å². The van der Waals surface area contributed by atoms with Crippen molar-refractivity contribution in [3.05, 3.63) is 34.5 Å². The standard InChI is InChI=1S/C20H23ClN2O2S/c21-13-7-8-16-18(10-13)23-17-6-2-1-5-15(17)20(16)26-12-19(24)22-11-14-4-3-9-25-14/h7-8,10,14H,1-6,9,11-12H2,(H,22,24)/t14-/m0/s1. The van der Waals surface area contributed by atoms with Crippen molar-refractivity contribution in [2.45, 2.75) is 49.5 Å². The molecule has 1 saturated heterocycles. The molecular formula is C20H23ClN2O2S. The van der Waals surface area contributed by atoms with Crippen molar-refractivity contribution >= 4 is 40.2 Å². The van der Waals surface area contributed by atoms with E-state index in [1.807, 2.05) is 18.2 Å². The van der Waals surface area contributed by atoms with E-state index in [9.17, 15) is 4.79 Å². The number of benzene rings is 1. The van der Waals surface area contributed by atoms with Crippen LogP contribution in [0.15, 0.2) is 23.1 Å². The van der Waals surface area contributed by atoms with E-state index in [0.29, 0.717) is 17.3 Å². The number of ether oxygens (including phenoxy) is 1. The molecule has 2 aromatic rings. The van der Waals surface area contributed by atoms with E-state index in [1.165, 1.54) is 29.0 Å². The van der Waals surface area contributed by atoms with Gasteiger partial charge < -0.3 is 10.1 Å². The van der Waals surface area contributed by atoms with Crippen molar-refractivity contribution in [3.8, 4) is 0 Å². The van der Waals surface area contributed by atoms with Gasteiger partial charge in [0.05, 0.1) is 17.4 Å². The SMILES string of the molecule is O=C(CSc1c2c(nc3cc(Cl)ccc13)CCCC2)NC[C@@H]1CCCO1. The summed E-state index contributed by atoms with van der Waals surface area (Å²) in [4.78, 5) is 18.3. The van der Waals surface area contributed by atoms with Gasteiger partial charge in [0.15, 0.2) is 0 Å². The second-order valence-electron chi connectivity index (χ2n) is 6.96. The lowest BCUT2D eigenvalue weighted by Gasteiger charge is -2.20. The van der Waals surface area contributed by atoms with Crippen molar-refractivity contribution in [1.29, 1.82) is 0 Å². The molecule has 4 nitrogen and oxygen atoms in total. The molecular weight excluding hydrogens is 368 g/mol. The molecule has 0 spiro atoms. The molecule has 0 unspecified atom stereocenters. The maximum absolute atomic E-state index is 12.3. The molecule has 6 heteroatoms. The molecule has 0 bridgehead atoms. The molecule has 1 aliphatic carbocycles. The molecule has 2 heterocycles. The van der Waals surface area contributed by atoms with E-state index in [4.69, 9.17) is 21.3 Å². The molecule has 1 amide bonds. The Bertz CT molecular complexity index is 821. The molecule has 1 aromatic heterocycles.